The molecule has 29 heavy (non-hydrogen) atoms. The molecule has 1 aromatic heterocycles. The number of thioether (sulfide) groups is 1. The van der Waals surface area contributed by atoms with Gasteiger partial charge in [0.1, 0.15) is 12.4 Å². The third-order valence-electron chi connectivity index (χ3n) is 5.65. The molecule has 8 nitrogen and oxygen atoms in total. The summed E-state index contributed by atoms with van der Waals surface area (Å²) in [4.78, 5) is 19.5. The molecule has 164 valence electrons. The SMILES string of the molecule is CCNC(=NCc1nnc(C)n1C)NC1CCC(C(=O)N2CCSCC2)CC1.I. The molecule has 2 heterocycles. The highest BCUT2D eigenvalue weighted by Gasteiger charge is 2.30. The smallest absolute Gasteiger partial charge is 0.225 e. The zero-order chi connectivity index (χ0) is 19.9. The summed E-state index contributed by atoms with van der Waals surface area (Å²) < 4.78 is 1.96. The van der Waals surface area contributed by atoms with Crippen LogP contribution in [0.25, 0.3) is 0 Å². The molecule has 10 heteroatoms. The fourth-order valence-corrected chi connectivity index (χ4v) is 4.68. The Morgan fingerprint density at radius 1 is 1.21 bits per heavy atom. The maximum atomic E-state index is 12.7. The summed E-state index contributed by atoms with van der Waals surface area (Å²) in [5, 5.41) is 15.1. The fourth-order valence-electron chi connectivity index (χ4n) is 3.78. The highest BCUT2D eigenvalue weighted by molar-refractivity contribution is 14.0. The van der Waals surface area contributed by atoms with E-state index in [2.05, 4.69) is 37.6 Å². The van der Waals surface area contributed by atoms with Crippen LogP contribution >= 0.6 is 35.7 Å². The van der Waals surface area contributed by atoms with Crippen LogP contribution in [0.2, 0.25) is 0 Å². The van der Waals surface area contributed by atoms with Crippen LogP contribution < -0.4 is 10.6 Å². The van der Waals surface area contributed by atoms with E-state index in [4.69, 9.17) is 0 Å². The van der Waals surface area contributed by atoms with E-state index in [1.807, 2.05) is 30.3 Å². The predicted octanol–water partition coefficient (Wildman–Crippen LogP) is 1.93. The second kappa shape index (κ2) is 12.0. The molecule has 2 aliphatic rings. The minimum atomic E-state index is 0. The minimum Gasteiger partial charge on any atom is -0.357 e. The van der Waals surface area contributed by atoms with Gasteiger partial charge in [0.05, 0.1) is 0 Å². The second-order valence-corrected chi connectivity index (χ2v) is 8.77. The number of aryl methyl sites for hydroxylation is 1. The summed E-state index contributed by atoms with van der Waals surface area (Å²) >= 11 is 1.95. The van der Waals surface area contributed by atoms with Gasteiger partial charge in [-0.3, -0.25) is 4.79 Å². The molecule has 0 spiro atoms. The molecule has 0 atom stereocenters. The number of nitrogens with one attached hydrogen (secondary N) is 2. The molecule has 3 rings (SSSR count). The maximum absolute atomic E-state index is 12.7. The zero-order valence-corrected chi connectivity index (χ0v) is 20.8. The van der Waals surface area contributed by atoms with E-state index in [0.717, 1.165) is 74.4 Å². The summed E-state index contributed by atoms with van der Waals surface area (Å²) in [5.74, 6) is 5.28. The predicted molar refractivity (Wildman–Crippen MR) is 129 cm³/mol. The molecule has 1 aliphatic carbocycles. The summed E-state index contributed by atoms with van der Waals surface area (Å²) in [7, 11) is 1.96. The lowest BCUT2D eigenvalue weighted by atomic mass is 9.85. The minimum absolute atomic E-state index is 0. The Kier molecular flexibility index (Phi) is 10.0. The van der Waals surface area contributed by atoms with Crippen molar-refractivity contribution in [1.82, 2.24) is 30.3 Å². The van der Waals surface area contributed by atoms with Crippen molar-refractivity contribution < 1.29 is 4.79 Å². The van der Waals surface area contributed by atoms with E-state index in [1.165, 1.54) is 0 Å². The Bertz CT molecular complexity index is 682. The normalized spacial score (nSPS) is 22.7. The summed E-state index contributed by atoms with van der Waals surface area (Å²) in [5.41, 5.74) is 0. The topological polar surface area (TPSA) is 87.4 Å². The third-order valence-corrected chi connectivity index (χ3v) is 6.59. The lowest BCUT2D eigenvalue weighted by Gasteiger charge is -2.34. The van der Waals surface area contributed by atoms with Crippen molar-refractivity contribution >= 4 is 47.6 Å². The van der Waals surface area contributed by atoms with Crippen molar-refractivity contribution in [3.05, 3.63) is 11.6 Å². The van der Waals surface area contributed by atoms with Crippen LogP contribution in [-0.4, -0.2) is 68.7 Å². The Labute approximate surface area is 195 Å². The van der Waals surface area contributed by atoms with Gasteiger partial charge in [-0.25, -0.2) is 4.99 Å². The number of aromatic nitrogens is 3. The molecule has 0 bridgehead atoms. The number of amides is 1. The van der Waals surface area contributed by atoms with Gasteiger partial charge in [-0.2, -0.15) is 11.8 Å². The molecular formula is C19H34IN7OS. The van der Waals surface area contributed by atoms with Crippen LogP contribution in [0.3, 0.4) is 0 Å². The monoisotopic (exact) mass is 535 g/mol. The fraction of sp³-hybridized carbons (Fsp3) is 0.789. The molecule has 2 N–H and O–H groups in total. The molecule has 0 aromatic carbocycles. The van der Waals surface area contributed by atoms with E-state index in [-0.39, 0.29) is 29.9 Å². The van der Waals surface area contributed by atoms with E-state index < -0.39 is 0 Å². The number of hydrogen-bond acceptors (Lipinski definition) is 5. The average molecular weight is 536 g/mol. The van der Waals surface area contributed by atoms with Crippen molar-refractivity contribution in [3.63, 3.8) is 0 Å². The van der Waals surface area contributed by atoms with Crippen LogP contribution in [0.1, 0.15) is 44.3 Å². The van der Waals surface area contributed by atoms with Crippen molar-refractivity contribution in [2.45, 2.75) is 52.1 Å². The molecule has 0 radical (unpaired) electrons. The quantitative estimate of drug-likeness (QED) is 0.341. The molecule has 1 aromatic rings. The van der Waals surface area contributed by atoms with Crippen LogP contribution in [0.4, 0.5) is 0 Å². The average Bonchev–Trinajstić information content (AvgIpc) is 3.05. The standard InChI is InChI=1S/C19H33N7OS.HI/c1-4-20-19(21-13-17-24-23-14(2)25(17)3)22-16-7-5-15(6-8-16)18(27)26-9-11-28-12-10-26;/h15-16H,4-13H2,1-3H3,(H2,20,21,22);1H. The lowest BCUT2D eigenvalue weighted by molar-refractivity contribution is -0.136. The number of rotatable bonds is 5. The van der Waals surface area contributed by atoms with Gasteiger partial charge in [0.25, 0.3) is 0 Å². The summed E-state index contributed by atoms with van der Waals surface area (Å²) in [6, 6.07) is 0.361. The first-order valence-electron chi connectivity index (χ1n) is 10.3. The van der Waals surface area contributed by atoms with Gasteiger partial charge in [-0.15, -0.1) is 34.2 Å². The first-order valence-corrected chi connectivity index (χ1v) is 11.5. The number of halogens is 1. The van der Waals surface area contributed by atoms with Gasteiger partial charge in [-0.1, -0.05) is 0 Å². The van der Waals surface area contributed by atoms with Crippen LogP contribution in [-0.2, 0) is 18.4 Å². The van der Waals surface area contributed by atoms with Crippen LogP contribution in [0.15, 0.2) is 4.99 Å². The van der Waals surface area contributed by atoms with Crippen molar-refractivity contribution in [3.8, 4) is 0 Å². The van der Waals surface area contributed by atoms with Crippen LogP contribution in [0.5, 0.6) is 0 Å². The van der Waals surface area contributed by atoms with Crippen LogP contribution in [0, 0.1) is 12.8 Å². The lowest BCUT2D eigenvalue weighted by Crippen LogP contribution is -2.47. The van der Waals surface area contributed by atoms with E-state index in [9.17, 15) is 4.79 Å². The molecular weight excluding hydrogens is 501 g/mol. The number of carbonyl (C=O) groups excluding carboxylic acids is 1. The molecule has 0 unspecified atom stereocenters. The number of guanidine groups is 1. The van der Waals surface area contributed by atoms with E-state index in [0.29, 0.717) is 18.5 Å². The molecule has 1 amide bonds. The van der Waals surface area contributed by atoms with Crippen molar-refractivity contribution in [1.29, 1.82) is 0 Å². The van der Waals surface area contributed by atoms with Gasteiger partial charge in [0, 0.05) is 50.1 Å². The summed E-state index contributed by atoms with van der Waals surface area (Å²) in [6.45, 7) is 7.14. The van der Waals surface area contributed by atoms with Gasteiger partial charge in [-0.05, 0) is 39.5 Å². The second-order valence-electron chi connectivity index (χ2n) is 7.55. The van der Waals surface area contributed by atoms with Gasteiger partial charge in [0.2, 0.25) is 5.91 Å². The maximum Gasteiger partial charge on any atom is 0.225 e. The highest BCUT2D eigenvalue weighted by Crippen LogP contribution is 2.27. The first-order chi connectivity index (χ1) is 13.6. The molecule has 2 fully saturated rings. The van der Waals surface area contributed by atoms with Crippen molar-refractivity contribution in [2.75, 3.05) is 31.1 Å². The summed E-state index contributed by atoms with van der Waals surface area (Å²) in [6.07, 6.45) is 3.93. The number of hydrogen-bond donors (Lipinski definition) is 2. The van der Waals surface area contributed by atoms with Gasteiger partial charge < -0.3 is 20.1 Å². The Balaban J connectivity index is 0.00000300. The number of carbonyl (C=O) groups is 1. The van der Waals surface area contributed by atoms with E-state index in [1.54, 1.807) is 0 Å². The first kappa shape index (κ1) is 24.2. The molecule has 1 aliphatic heterocycles. The van der Waals surface area contributed by atoms with Crippen molar-refractivity contribution in [2.24, 2.45) is 18.0 Å². The zero-order valence-electron chi connectivity index (χ0n) is 17.7. The molecule has 1 saturated heterocycles. The van der Waals surface area contributed by atoms with Gasteiger partial charge in [0.15, 0.2) is 11.8 Å². The third kappa shape index (κ3) is 6.73. The Hall–Kier alpha value is -1.04. The number of aliphatic imine (C=N–C) groups is 1. The van der Waals surface area contributed by atoms with E-state index >= 15 is 0 Å². The Morgan fingerprint density at radius 2 is 1.90 bits per heavy atom. The molecule has 1 saturated carbocycles. The van der Waals surface area contributed by atoms with Gasteiger partial charge >= 0.3 is 0 Å². The highest BCUT2D eigenvalue weighted by atomic mass is 127. The number of nitrogens with zero attached hydrogens (tertiary/aromatic N) is 5. The Morgan fingerprint density at radius 3 is 2.48 bits per heavy atom. The largest absolute Gasteiger partial charge is 0.357 e.